The molecule has 1 aromatic heterocycles. The van der Waals surface area contributed by atoms with Gasteiger partial charge in [-0.15, -0.1) is 0 Å². The molecule has 0 radical (unpaired) electrons. The molecule has 1 aromatic carbocycles. The molecule has 144 valence electrons. The Hall–Kier alpha value is -3.09. The van der Waals surface area contributed by atoms with E-state index in [1.807, 2.05) is 24.5 Å². The van der Waals surface area contributed by atoms with Gasteiger partial charge >= 0.3 is 5.97 Å². The molecule has 0 fully saturated rings. The number of hydrogen-bond donors (Lipinski definition) is 1. The minimum absolute atomic E-state index is 0.109. The molecule has 2 N–H and O–H groups in total. The van der Waals surface area contributed by atoms with Crippen LogP contribution in [0, 0.1) is 13.8 Å². The summed E-state index contributed by atoms with van der Waals surface area (Å²) in [5.74, 6) is -0.414. The topological polar surface area (TPSA) is 101 Å². The Bertz CT molecular complexity index is 837. The zero-order chi connectivity index (χ0) is 20.0. The lowest BCUT2D eigenvalue weighted by molar-refractivity contribution is -0.140. The van der Waals surface area contributed by atoms with E-state index in [0.717, 1.165) is 11.4 Å². The summed E-state index contributed by atoms with van der Waals surface area (Å²) in [6.07, 6.45) is 0.973. The smallest absolute Gasteiger partial charge is 0.305 e. The number of amides is 1. The van der Waals surface area contributed by atoms with Gasteiger partial charge in [0, 0.05) is 35.5 Å². The summed E-state index contributed by atoms with van der Waals surface area (Å²) in [4.78, 5) is 34.8. The van der Waals surface area contributed by atoms with Gasteiger partial charge in [0.15, 0.2) is 6.61 Å². The molecule has 7 nitrogen and oxygen atoms in total. The third-order valence-electron chi connectivity index (χ3n) is 4.37. The normalized spacial score (nSPS) is 10.5. The van der Waals surface area contributed by atoms with Crippen LogP contribution >= 0.6 is 0 Å². The number of Topliss-reactive ketones (excluding diaryl/α,β-unsaturated/α-hetero) is 1. The maximum atomic E-state index is 12.5. The number of ether oxygens (including phenoxy) is 2. The summed E-state index contributed by atoms with van der Waals surface area (Å²) in [6.45, 7) is 4.32. The summed E-state index contributed by atoms with van der Waals surface area (Å²) < 4.78 is 12.2. The standard InChI is InChI=1S/C20H24N2O5/c1-13-11-17(14(2)22(13)10-4-5-19(24)26-3)18(23)12-27-16-8-6-15(7-9-16)20(21)25/h6-9,11H,4-5,10,12H2,1-3H3,(H2,21,25). The first kappa shape index (κ1) is 20.2. The average Bonchev–Trinajstić information content (AvgIpc) is 2.94. The van der Waals surface area contributed by atoms with Crippen LogP contribution in [-0.4, -0.2) is 35.9 Å². The number of carbonyl (C=O) groups excluding carboxylic acids is 3. The number of rotatable bonds is 9. The molecule has 0 aliphatic rings. The third kappa shape index (κ3) is 5.20. The van der Waals surface area contributed by atoms with E-state index < -0.39 is 5.91 Å². The summed E-state index contributed by atoms with van der Waals surface area (Å²) >= 11 is 0. The quantitative estimate of drug-likeness (QED) is 0.538. The molecule has 0 spiro atoms. The van der Waals surface area contributed by atoms with Crippen molar-refractivity contribution in [2.24, 2.45) is 5.73 Å². The number of aromatic nitrogens is 1. The van der Waals surface area contributed by atoms with Crippen molar-refractivity contribution in [1.29, 1.82) is 0 Å². The highest BCUT2D eigenvalue weighted by Gasteiger charge is 2.16. The average molecular weight is 372 g/mol. The van der Waals surface area contributed by atoms with Crippen molar-refractivity contribution in [3.63, 3.8) is 0 Å². The Morgan fingerprint density at radius 2 is 1.78 bits per heavy atom. The van der Waals surface area contributed by atoms with Crippen LogP contribution in [0.2, 0.25) is 0 Å². The molecular formula is C20H24N2O5. The number of primary amides is 1. The second kappa shape index (κ2) is 9.02. The predicted molar refractivity (Wildman–Crippen MR) is 99.9 cm³/mol. The van der Waals surface area contributed by atoms with Crippen molar-refractivity contribution in [1.82, 2.24) is 4.57 Å². The fourth-order valence-corrected chi connectivity index (χ4v) is 2.85. The number of esters is 1. The number of nitrogens with zero attached hydrogens (tertiary/aromatic N) is 1. The van der Waals surface area contributed by atoms with Gasteiger partial charge in [0.1, 0.15) is 5.75 Å². The molecule has 2 rings (SSSR count). The van der Waals surface area contributed by atoms with Gasteiger partial charge in [-0.3, -0.25) is 14.4 Å². The molecule has 0 unspecified atom stereocenters. The maximum absolute atomic E-state index is 12.5. The van der Waals surface area contributed by atoms with E-state index in [9.17, 15) is 14.4 Å². The van der Waals surface area contributed by atoms with Crippen LogP contribution in [0.3, 0.4) is 0 Å². The van der Waals surface area contributed by atoms with Crippen molar-refractivity contribution in [3.05, 3.63) is 52.8 Å². The number of ketones is 1. The van der Waals surface area contributed by atoms with E-state index in [0.29, 0.717) is 36.3 Å². The summed E-state index contributed by atoms with van der Waals surface area (Å²) in [7, 11) is 1.37. The van der Waals surface area contributed by atoms with Crippen molar-refractivity contribution < 1.29 is 23.9 Å². The maximum Gasteiger partial charge on any atom is 0.305 e. The van der Waals surface area contributed by atoms with Gasteiger partial charge in [0.05, 0.1) is 7.11 Å². The summed E-state index contributed by atoms with van der Waals surface area (Å²) in [6, 6.07) is 8.13. The van der Waals surface area contributed by atoms with Crippen LogP contribution in [0.5, 0.6) is 5.75 Å². The van der Waals surface area contributed by atoms with Crippen LogP contribution in [-0.2, 0) is 16.1 Å². The number of aryl methyl sites for hydroxylation is 1. The van der Waals surface area contributed by atoms with Crippen LogP contribution < -0.4 is 10.5 Å². The molecule has 1 amide bonds. The lowest BCUT2D eigenvalue weighted by Gasteiger charge is -2.10. The highest BCUT2D eigenvalue weighted by Crippen LogP contribution is 2.18. The van der Waals surface area contributed by atoms with Gasteiger partial charge in [-0.25, -0.2) is 0 Å². The minimum atomic E-state index is -0.516. The van der Waals surface area contributed by atoms with Crippen LogP contribution in [0.15, 0.2) is 30.3 Å². The lowest BCUT2D eigenvalue weighted by atomic mass is 10.1. The minimum Gasteiger partial charge on any atom is -0.485 e. The second-order valence-electron chi connectivity index (χ2n) is 6.22. The zero-order valence-electron chi connectivity index (χ0n) is 15.8. The molecule has 2 aromatic rings. The van der Waals surface area contributed by atoms with Gasteiger partial charge in [0.2, 0.25) is 11.7 Å². The first-order valence-corrected chi connectivity index (χ1v) is 8.63. The highest BCUT2D eigenvalue weighted by atomic mass is 16.5. The Morgan fingerprint density at radius 1 is 1.11 bits per heavy atom. The van der Waals surface area contributed by atoms with Crippen molar-refractivity contribution in [2.45, 2.75) is 33.2 Å². The highest BCUT2D eigenvalue weighted by molar-refractivity contribution is 5.98. The monoisotopic (exact) mass is 372 g/mol. The number of benzene rings is 1. The Labute approximate surface area is 158 Å². The van der Waals surface area contributed by atoms with Crippen molar-refractivity contribution in [3.8, 4) is 5.75 Å². The van der Waals surface area contributed by atoms with Gasteiger partial charge < -0.3 is 19.8 Å². The fraction of sp³-hybridized carbons (Fsp3) is 0.350. The van der Waals surface area contributed by atoms with Crippen LogP contribution in [0.4, 0.5) is 0 Å². The van der Waals surface area contributed by atoms with E-state index in [-0.39, 0.29) is 18.4 Å². The van der Waals surface area contributed by atoms with Crippen molar-refractivity contribution >= 4 is 17.7 Å². The van der Waals surface area contributed by atoms with E-state index >= 15 is 0 Å². The van der Waals surface area contributed by atoms with E-state index in [1.165, 1.54) is 7.11 Å². The van der Waals surface area contributed by atoms with Gasteiger partial charge in [-0.2, -0.15) is 0 Å². The third-order valence-corrected chi connectivity index (χ3v) is 4.37. The Kier molecular flexibility index (Phi) is 6.76. The van der Waals surface area contributed by atoms with E-state index in [1.54, 1.807) is 24.3 Å². The van der Waals surface area contributed by atoms with Gasteiger partial charge in [0.25, 0.3) is 0 Å². The molecule has 27 heavy (non-hydrogen) atoms. The molecule has 0 aliphatic heterocycles. The molecule has 7 heteroatoms. The molecule has 0 atom stereocenters. The molecule has 0 saturated carbocycles. The molecule has 1 heterocycles. The van der Waals surface area contributed by atoms with E-state index in [4.69, 9.17) is 10.5 Å². The van der Waals surface area contributed by atoms with Crippen LogP contribution in [0.25, 0.3) is 0 Å². The largest absolute Gasteiger partial charge is 0.485 e. The first-order valence-electron chi connectivity index (χ1n) is 8.63. The lowest BCUT2D eigenvalue weighted by Crippen LogP contribution is -2.14. The Morgan fingerprint density at radius 3 is 2.37 bits per heavy atom. The van der Waals surface area contributed by atoms with E-state index in [2.05, 4.69) is 4.74 Å². The predicted octanol–water partition coefficient (Wildman–Crippen LogP) is 2.42. The summed E-state index contributed by atoms with van der Waals surface area (Å²) in [5, 5.41) is 0. The van der Waals surface area contributed by atoms with Gasteiger partial charge in [-0.05, 0) is 50.6 Å². The number of nitrogens with two attached hydrogens (primary N) is 1. The summed E-state index contributed by atoms with van der Waals surface area (Å²) in [5.41, 5.74) is 7.96. The number of methoxy groups -OCH3 is 1. The van der Waals surface area contributed by atoms with Crippen LogP contribution in [0.1, 0.15) is 44.9 Å². The molecule has 0 aliphatic carbocycles. The Balaban J connectivity index is 1.98. The number of carbonyl (C=O) groups is 3. The number of hydrogen-bond acceptors (Lipinski definition) is 5. The fourth-order valence-electron chi connectivity index (χ4n) is 2.85. The van der Waals surface area contributed by atoms with Gasteiger partial charge in [-0.1, -0.05) is 0 Å². The first-order chi connectivity index (χ1) is 12.8. The van der Waals surface area contributed by atoms with Crippen molar-refractivity contribution in [2.75, 3.05) is 13.7 Å². The molecule has 0 saturated heterocycles. The zero-order valence-corrected chi connectivity index (χ0v) is 15.8. The SMILES string of the molecule is COC(=O)CCCn1c(C)cc(C(=O)COc2ccc(C(N)=O)cc2)c1C. The molecular weight excluding hydrogens is 348 g/mol. The molecule has 0 bridgehead atoms. The second-order valence-corrected chi connectivity index (χ2v) is 6.22.